The Labute approximate surface area is 112 Å². The van der Waals surface area contributed by atoms with Crippen LogP contribution in [0.2, 0.25) is 5.02 Å². The van der Waals surface area contributed by atoms with Gasteiger partial charge in [-0.05, 0) is 24.6 Å². The molecule has 1 amide bonds. The van der Waals surface area contributed by atoms with E-state index in [1.165, 1.54) is 18.2 Å². The molecule has 0 bridgehead atoms. The Hall–Kier alpha value is -1.47. The summed E-state index contributed by atoms with van der Waals surface area (Å²) in [6.45, 7) is 0.186. The molecule has 1 aromatic carbocycles. The molecule has 0 fully saturated rings. The van der Waals surface area contributed by atoms with Gasteiger partial charge >= 0.3 is 6.18 Å². The van der Waals surface area contributed by atoms with Crippen molar-refractivity contribution in [3.8, 4) is 0 Å². The number of benzene rings is 1. The lowest BCUT2D eigenvalue weighted by Crippen LogP contribution is -2.54. The molecule has 0 aliphatic carbocycles. The van der Waals surface area contributed by atoms with Crippen molar-refractivity contribution in [2.45, 2.75) is 25.2 Å². The number of nitrogens with one attached hydrogen (secondary N) is 1. The number of alkyl halides is 3. The highest BCUT2D eigenvalue weighted by Gasteiger charge is 2.55. The highest BCUT2D eigenvalue weighted by atomic mass is 35.5. The van der Waals surface area contributed by atoms with Crippen LogP contribution in [-0.4, -0.2) is 22.8 Å². The Kier molecular flexibility index (Phi) is 4.32. The van der Waals surface area contributed by atoms with Crippen molar-refractivity contribution < 1.29 is 23.1 Å². The van der Waals surface area contributed by atoms with Crippen molar-refractivity contribution >= 4 is 23.2 Å². The molecule has 0 spiro atoms. The van der Waals surface area contributed by atoms with Crippen LogP contribution < -0.4 is 11.1 Å². The first-order chi connectivity index (χ1) is 8.55. The third-order valence-electron chi connectivity index (χ3n) is 2.51. The molecule has 0 saturated heterocycles. The predicted octanol–water partition coefficient (Wildman–Crippen LogP) is 1.85. The molecule has 106 valence electrons. The summed E-state index contributed by atoms with van der Waals surface area (Å²) < 4.78 is 37.1. The van der Waals surface area contributed by atoms with E-state index in [4.69, 9.17) is 22.4 Å². The molecular formula is C11H12ClF3N2O2. The maximum atomic E-state index is 12.4. The summed E-state index contributed by atoms with van der Waals surface area (Å²) in [5.41, 5.74) is 2.78. The molecule has 1 rings (SSSR count). The molecule has 0 saturated carbocycles. The molecule has 0 heterocycles. The molecule has 0 aromatic heterocycles. The summed E-state index contributed by atoms with van der Waals surface area (Å²) in [6.07, 6.45) is -5.05. The average molecular weight is 297 g/mol. The minimum atomic E-state index is -5.05. The van der Waals surface area contributed by atoms with Crippen molar-refractivity contribution in [2.75, 3.05) is 5.73 Å². The molecule has 0 unspecified atom stereocenters. The number of amides is 1. The molecule has 0 aliphatic heterocycles. The monoisotopic (exact) mass is 296 g/mol. The zero-order valence-corrected chi connectivity index (χ0v) is 10.6. The van der Waals surface area contributed by atoms with Crippen molar-refractivity contribution in [1.29, 1.82) is 0 Å². The largest absolute Gasteiger partial charge is 0.426 e. The van der Waals surface area contributed by atoms with Crippen LogP contribution in [-0.2, 0) is 11.3 Å². The number of carbonyl (C=O) groups excluding carboxylic acids is 1. The summed E-state index contributed by atoms with van der Waals surface area (Å²) in [7, 11) is 0. The van der Waals surface area contributed by atoms with Gasteiger partial charge < -0.3 is 16.2 Å². The topological polar surface area (TPSA) is 75.3 Å². The quantitative estimate of drug-likeness (QED) is 0.745. The van der Waals surface area contributed by atoms with E-state index in [1.807, 2.05) is 5.32 Å². The summed E-state index contributed by atoms with van der Waals surface area (Å²) in [5.74, 6) is -1.53. The molecule has 0 radical (unpaired) electrons. The van der Waals surface area contributed by atoms with Gasteiger partial charge in [-0.25, -0.2) is 0 Å². The Balaban J connectivity index is 2.72. The SMILES string of the molecule is C[C@](O)(C(=O)NCc1ccc(Cl)c(N)c1)C(F)(F)F. The normalized spacial score (nSPS) is 14.8. The lowest BCUT2D eigenvalue weighted by molar-refractivity contribution is -0.245. The fourth-order valence-electron chi connectivity index (χ4n) is 1.19. The van der Waals surface area contributed by atoms with Gasteiger partial charge in [0.1, 0.15) is 0 Å². The minimum Gasteiger partial charge on any atom is -0.398 e. The van der Waals surface area contributed by atoms with Crippen LogP contribution in [0.25, 0.3) is 0 Å². The van der Waals surface area contributed by atoms with Crippen LogP contribution >= 0.6 is 11.6 Å². The Morgan fingerprint density at radius 1 is 1.47 bits per heavy atom. The van der Waals surface area contributed by atoms with Crippen molar-refractivity contribution in [1.82, 2.24) is 5.32 Å². The van der Waals surface area contributed by atoms with Gasteiger partial charge in [0.05, 0.1) is 10.7 Å². The van der Waals surface area contributed by atoms with Crippen molar-refractivity contribution in [3.05, 3.63) is 28.8 Å². The third kappa shape index (κ3) is 3.51. The first-order valence-electron chi connectivity index (χ1n) is 5.17. The summed E-state index contributed by atoms with van der Waals surface area (Å²) >= 11 is 5.67. The maximum absolute atomic E-state index is 12.4. The standard InChI is InChI=1S/C11H12ClF3N2O2/c1-10(19,11(13,14)15)9(18)17-5-6-2-3-7(12)8(16)4-6/h2-4,19H,5,16H2,1H3,(H,17,18)/t10-/m0/s1. The van der Waals surface area contributed by atoms with Gasteiger partial charge in [0.25, 0.3) is 5.91 Å². The number of nitrogen functional groups attached to an aromatic ring is 1. The Bertz CT molecular complexity index is 489. The molecule has 1 atom stereocenters. The third-order valence-corrected chi connectivity index (χ3v) is 2.85. The predicted molar refractivity (Wildman–Crippen MR) is 64.4 cm³/mol. The number of hydrogen-bond donors (Lipinski definition) is 3. The lowest BCUT2D eigenvalue weighted by Gasteiger charge is -2.24. The van der Waals surface area contributed by atoms with E-state index in [0.29, 0.717) is 17.5 Å². The van der Waals surface area contributed by atoms with E-state index < -0.39 is 17.7 Å². The van der Waals surface area contributed by atoms with Crippen LogP contribution in [0.3, 0.4) is 0 Å². The number of carbonyl (C=O) groups is 1. The van der Waals surface area contributed by atoms with Crippen LogP contribution in [0.15, 0.2) is 18.2 Å². The second kappa shape index (κ2) is 5.26. The van der Waals surface area contributed by atoms with Gasteiger partial charge in [0, 0.05) is 6.54 Å². The number of rotatable bonds is 3. The fraction of sp³-hybridized carbons (Fsp3) is 0.364. The van der Waals surface area contributed by atoms with Crippen LogP contribution in [0.5, 0.6) is 0 Å². The first-order valence-corrected chi connectivity index (χ1v) is 5.55. The van der Waals surface area contributed by atoms with Gasteiger partial charge in [-0.2, -0.15) is 13.2 Å². The van der Waals surface area contributed by atoms with Gasteiger partial charge in [-0.3, -0.25) is 4.79 Å². The number of hydrogen-bond acceptors (Lipinski definition) is 3. The van der Waals surface area contributed by atoms with Gasteiger partial charge in [0.15, 0.2) is 0 Å². The smallest absolute Gasteiger partial charge is 0.398 e. The van der Waals surface area contributed by atoms with Gasteiger partial charge in [0.2, 0.25) is 5.60 Å². The molecule has 0 aliphatic rings. The van der Waals surface area contributed by atoms with Crippen LogP contribution in [0, 0.1) is 0 Å². The Morgan fingerprint density at radius 3 is 2.53 bits per heavy atom. The summed E-state index contributed by atoms with van der Waals surface area (Å²) in [4.78, 5) is 11.3. The number of nitrogens with two attached hydrogens (primary N) is 1. The van der Waals surface area contributed by atoms with E-state index >= 15 is 0 Å². The number of halogens is 4. The van der Waals surface area contributed by atoms with E-state index in [0.717, 1.165) is 0 Å². The molecule has 1 aromatic rings. The minimum absolute atomic E-state index is 0.202. The zero-order chi connectivity index (χ0) is 14.8. The van der Waals surface area contributed by atoms with E-state index in [1.54, 1.807) is 0 Å². The summed E-state index contributed by atoms with van der Waals surface area (Å²) in [6, 6.07) is 4.38. The molecule has 4 nitrogen and oxygen atoms in total. The lowest BCUT2D eigenvalue weighted by atomic mass is 10.1. The second-order valence-corrected chi connectivity index (χ2v) is 4.52. The van der Waals surface area contributed by atoms with E-state index in [2.05, 4.69) is 0 Å². The number of anilines is 1. The van der Waals surface area contributed by atoms with Gasteiger partial charge in [-0.15, -0.1) is 0 Å². The van der Waals surface area contributed by atoms with Crippen LogP contribution in [0.4, 0.5) is 18.9 Å². The zero-order valence-electron chi connectivity index (χ0n) is 9.88. The molecular weight excluding hydrogens is 285 g/mol. The maximum Gasteiger partial charge on any atom is 0.426 e. The Morgan fingerprint density at radius 2 is 2.05 bits per heavy atom. The number of aliphatic hydroxyl groups is 1. The van der Waals surface area contributed by atoms with Gasteiger partial charge in [-0.1, -0.05) is 17.7 Å². The second-order valence-electron chi connectivity index (χ2n) is 4.11. The summed E-state index contributed by atoms with van der Waals surface area (Å²) in [5, 5.41) is 11.4. The molecule has 8 heteroatoms. The molecule has 19 heavy (non-hydrogen) atoms. The average Bonchev–Trinajstić information content (AvgIpc) is 2.28. The van der Waals surface area contributed by atoms with Crippen LogP contribution in [0.1, 0.15) is 12.5 Å². The van der Waals surface area contributed by atoms with Crippen molar-refractivity contribution in [2.24, 2.45) is 0 Å². The highest BCUT2D eigenvalue weighted by molar-refractivity contribution is 6.33. The first kappa shape index (κ1) is 15.6. The molecule has 4 N–H and O–H groups in total. The van der Waals surface area contributed by atoms with Crippen molar-refractivity contribution in [3.63, 3.8) is 0 Å². The fourth-order valence-corrected chi connectivity index (χ4v) is 1.30. The van der Waals surface area contributed by atoms with E-state index in [-0.39, 0.29) is 12.2 Å². The van der Waals surface area contributed by atoms with E-state index in [9.17, 15) is 18.0 Å². The highest BCUT2D eigenvalue weighted by Crippen LogP contribution is 2.30.